The lowest BCUT2D eigenvalue weighted by molar-refractivity contribution is -0.131. The van der Waals surface area contributed by atoms with Crippen LogP contribution in [0.1, 0.15) is 22.5 Å². The number of carbonyl (C=O) groups is 1. The van der Waals surface area contributed by atoms with Crippen molar-refractivity contribution in [3.8, 4) is 17.2 Å². The van der Waals surface area contributed by atoms with Crippen molar-refractivity contribution in [2.24, 2.45) is 0 Å². The summed E-state index contributed by atoms with van der Waals surface area (Å²) in [6.45, 7) is 0.557. The van der Waals surface area contributed by atoms with Crippen molar-refractivity contribution in [3.63, 3.8) is 0 Å². The van der Waals surface area contributed by atoms with E-state index < -0.39 is 5.97 Å². The molecule has 0 aliphatic carbocycles. The lowest BCUT2D eigenvalue weighted by Crippen LogP contribution is -2.07. The molecule has 0 fully saturated rings. The molecular weight excluding hydrogens is 444 g/mol. The molecule has 7 heteroatoms. The van der Waals surface area contributed by atoms with E-state index in [0.29, 0.717) is 23.8 Å². The van der Waals surface area contributed by atoms with E-state index in [1.54, 1.807) is 27.4 Å². The SMILES string of the molecule is COc1cc(Cn2c(CCc3ccccc3)nc3cc(C=CC(=O)O)ccc32)cc(OC)c1OC. The van der Waals surface area contributed by atoms with Crippen LogP contribution in [0, 0.1) is 0 Å². The van der Waals surface area contributed by atoms with Crippen LogP contribution in [0.15, 0.2) is 66.7 Å². The molecule has 0 bridgehead atoms. The maximum absolute atomic E-state index is 10.9. The number of imidazole rings is 1. The Morgan fingerprint density at radius 1 is 0.914 bits per heavy atom. The number of ether oxygens (including phenoxy) is 3. The number of aryl methyl sites for hydroxylation is 2. The number of hydrogen-bond donors (Lipinski definition) is 1. The van der Waals surface area contributed by atoms with Gasteiger partial charge in [-0.2, -0.15) is 0 Å². The van der Waals surface area contributed by atoms with E-state index in [1.807, 2.05) is 48.5 Å². The van der Waals surface area contributed by atoms with Gasteiger partial charge in [0, 0.05) is 19.0 Å². The number of methoxy groups -OCH3 is 3. The zero-order valence-corrected chi connectivity index (χ0v) is 20.0. The highest BCUT2D eigenvalue weighted by atomic mass is 16.5. The fraction of sp³-hybridized carbons (Fsp3) is 0.214. The second-order valence-electron chi connectivity index (χ2n) is 8.05. The second kappa shape index (κ2) is 10.8. The van der Waals surface area contributed by atoms with E-state index in [2.05, 4.69) is 16.7 Å². The van der Waals surface area contributed by atoms with Gasteiger partial charge in [-0.15, -0.1) is 0 Å². The zero-order valence-electron chi connectivity index (χ0n) is 20.0. The Kier molecular flexibility index (Phi) is 7.35. The summed E-state index contributed by atoms with van der Waals surface area (Å²) in [4.78, 5) is 15.9. The Hall–Kier alpha value is -4.26. The first-order valence-electron chi connectivity index (χ1n) is 11.3. The molecule has 4 rings (SSSR count). The highest BCUT2D eigenvalue weighted by Crippen LogP contribution is 2.38. The number of aromatic nitrogens is 2. The minimum atomic E-state index is -0.985. The predicted octanol–water partition coefficient (Wildman–Crippen LogP) is 4.99. The molecule has 4 aromatic rings. The summed E-state index contributed by atoms with van der Waals surface area (Å²) in [6, 6.07) is 20.0. The fourth-order valence-electron chi connectivity index (χ4n) is 4.15. The van der Waals surface area contributed by atoms with Gasteiger partial charge in [0.1, 0.15) is 5.82 Å². The molecule has 0 saturated carbocycles. The molecule has 0 atom stereocenters. The van der Waals surface area contributed by atoms with Crippen molar-refractivity contribution in [3.05, 3.63) is 89.3 Å². The number of nitrogens with zero attached hydrogens (tertiary/aromatic N) is 2. The zero-order chi connectivity index (χ0) is 24.8. The topological polar surface area (TPSA) is 82.8 Å². The average Bonchev–Trinajstić information content (AvgIpc) is 3.22. The summed E-state index contributed by atoms with van der Waals surface area (Å²) < 4.78 is 18.7. The van der Waals surface area contributed by atoms with Crippen molar-refractivity contribution in [2.75, 3.05) is 21.3 Å². The molecule has 3 aromatic carbocycles. The predicted molar refractivity (Wildman–Crippen MR) is 135 cm³/mol. The van der Waals surface area contributed by atoms with E-state index in [-0.39, 0.29) is 0 Å². The van der Waals surface area contributed by atoms with Gasteiger partial charge < -0.3 is 23.9 Å². The molecule has 0 saturated heterocycles. The third-order valence-electron chi connectivity index (χ3n) is 5.82. The van der Waals surface area contributed by atoms with Gasteiger partial charge in [-0.05, 0) is 53.5 Å². The molecule has 0 aliphatic rings. The van der Waals surface area contributed by atoms with E-state index in [1.165, 1.54) is 5.56 Å². The van der Waals surface area contributed by atoms with Gasteiger partial charge in [-0.25, -0.2) is 9.78 Å². The third-order valence-corrected chi connectivity index (χ3v) is 5.82. The summed E-state index contributed by atoms with van der Waals surface area (Å²) >= 11 is 0. The quantitative estimate of drug-likeness (QED) is 0.327. The highest BCUT2D eigenvalue weighted by molar-refractivity contribution is 5.87. The van der Waals surface area contributed by atoms with Gasteiger partial charge in [0.05, 0.1) is 32.4 Å². The Balaban J connectivity index is 1.75. The minimum absolute atomic E-state index is 0.549. The van der Waals surface area contributed by atoms with Gasteiger partial charge >= 0.3 is 5.97 Å². The van der Waals surface area contributed by atoms with Crippen molar-refractivity contribution >= 4 is 23.1 Å². The van der Waals surface area contributed by atoms with Crippen LogP contribution in [0.5, 0.6) is 17.2 Å². The molecule has 1 N–H and O–H groups in total. The first kappa shape index (κ1) is 23.9. The molecule has 35 heavy (non-hydrogen) atoms. The normalized spacial score (nSPS) is 11.2. The number of aliphatic carboxylic acids is 1. The standard InChI is InChI=1S/C28H28N2O5/c1-33-24-16-21(17-25(34-2)28(24)35-3)18-30-23-12-9-20(11-14-27(31)32)15-22(23)29-26(30)13-10-19-7-5-4-6-8-19/h4-9,11-12,14-17H,10,13,18H2,1-3H3,(H,31,32). The number of carboxylic acids is 1. The number of fused-ring (bicyclic) bond motifs is 1. The van der Waals surface area contributed by atoms with Crippen LogP contribution in [0.3, 0.4) is 0 Å². The highest BCUT2D eigenvalue weighted by Gasteiger charge is 2.16. The summed E-state index contributed by atoms with van der Waals surface area (Å²) in [5.41, 5.74) is 4.79. The van der Waals surface area contributed by atoms with Gasteiger partial charge in [-0.1, -0.05) is 36.4 Å². The lowest BCUT2D eigenvalue weighted by atomic mass is 10.1. The molecule has 0 spiro atoms. The van der Waals surface area contributed by atoms with Crippen LogP contribution in [-0.4, -0.2) is 42.0 Å². The fourth-order valence-corrected chi connectivity index (χ4v) is 4.15. The van der Waals surface area contributed by atoms with Crippen LogP contribution in [0.2, 0.25) is 0 Å². The Bertz CT molecular complexity index is 1330. The largest absolute Gasteiger partial charge is 0.493 e. The van der Waals surface area contributed by atoms with E-state index in [4.69, 9.17) is 24.3 Å². The van der Waals surface area contributed by atoms with Gasteiger partial charge in [0.2, 0.25) is 5.75 Å². The van der Waals surface area contributed by atoms with Crippen LogP contribution < -0.4 is 14.2 Å². The molecular formula is C28H28N2O5. The van der Waals surface area contributed by atoms with E-state index in [0.717, 1.165) is 46.9 Å². The van der Waals surface area contributed by atoms with Crippen LogP contribution in [0.4, 0.5) is 0 Å². The smallest absolute Gasteiger partial charge is 0.328 e. The number of hydrogen-bond acceptors (Lipinski definition) is 5. The summed E-state index contributed by atoms with van der Waals surface area (Å²) in [5, 5.41) is 8.97. The lowest BCUT2D eigenvalue weighted by Gasteiger charge is -2.16. The Morgan fingerprint density at radius 2 is 1.63 bits per heavy atom. The number of rotatable bonds is 10. The van der Waals surface area contributed by atoms with Gasteiger partial charge in [-0.3, -0.25) is 0 Å². The first-order valence-corrected chi connectivity index (χ1v) is 11.3. The molecule has 180 valence electrons. The number of benzene rings is 3. The minimum Gasteiger partial charge on any atom is -0.493 e. The van der Waals surface area contributed by atoms with Gasteiger partial charge in [0.15, 0.2) is 11.5 Å². The van der Waals surface area contributed by atoms with Crippen molar-refractivity contribution in [2.45, 2.75) is 19.4 Å². The van der Waals surface area contributed by atoms with E-state index in [9.17, 15) is 4.79 Å². The Morgan fingerprint density at radius 3 is 2.26 bits per heavy atom. The molecule has 7 nitrogen and oxygen atoms in total. The number of carboxylic acid groups (broad SMARTS) is 1. The van der Waals surface area contributed by atoms with Crippen LogP contribution in [-0.2, 0) is 24.2 Å². The molecule has 0 aliphatic heterocycles. The van der Waals surface area contributed by atoms with Crippen LogP contribution in [0.25, 0.3) is 17.1 Å². The van der Waals surface area contributed by atoms with Gasteiger partial charge in [0.25, 0.3) is 0 Å². The summed E-state index contributed by atoms with van der Waals surface area (Å²) in [7, 11) is 4.79. The van der Waals surface area contributed by atoms with Crippen molar-refractivity contribution in [1.29, 1.82) is 0 Å². The third kappa shape index (κ3) is 5.46. The molecule has 0 amide bonds. The Labute approximate surface area is 204 Å². The maximum atomic E-state index is 10.9. The summed E-state index contributed by atoms with van der Waals surface area (Å²) in [5.74, 6) is 1.70. The average molecular weight is 473 g/mol. The monoisotopic (exact) mass is 472 g/mol. The van der Waals surface area contributed by atoms with Crippen molar-refractivity contribution < 1.29 is 24.1 Å². The molecule has 0 radical (unpaired) electrons. The molecule has 0 unspecified atom stereocenters. The summed E-state index contributed by atoms with van der Waals surface area (Å²) in [6.07, 6.45) is 4.31. The molecule has 1 aromatic heterocycles. The van der Waals surface area contributed by atoms with Crippen LogP contribution >= 0.6 is 0 Å². The van der Waals surface area contributed by atoms with E-state index >= 15 is 0 Å². The first-order chi connectivity index (χ1) is 17.0. The maximum Gasteiger partial charge on any atom is 0.328 e. The van der Waals surface area contributed by atoms with Crippen molar-refractivity contribution in [1.82, 2.24) is 9.55 Å². The second-order valence-corrected chi connectivity index (χ2v) is 8.05. The molecule has 1 heterocycles.